The number of carboxylic acid groups (broad SMARTS) is 1. The maximum absolute atomic E-state index is 10.5. The van der Waals surface area contributed by atoms with Crippen LogP contribution in [0.2, 0.25) is 0 Å². The van der Waals surface area contributed by atoms with Crippen LogP contribution < -0.4 is 4.74 Å². The van der Waals surface area contributed by atoms with Crippen molar-refractivity contribution < 1.29 is 19.4 Å². The second-order valence-corrected chi connectivity index (χ2v) is 3.24. The Labute approximate surface area is 93.2 Å². The van der Waals surface area contributed by atoms with Crippen molar-refractivity contribution in [2.24, 2.45) is 0 Å². The fraction of sp³-hybridized carbons (Fsp3) is 0.273. The first kappa shape index (κ1) is 12.0. The van der Waals surface area contributed by atoms with Crippen LogP contribution in [0.1, 0.15) is 10.4 Å². The van der Waals surface area contributed by atoms with Crippen molar-refractivity contribution in [3.63, 3.8) is 0 Å². The number of hydrogen-bond acceptors (Lipinski definition) is 3. The van der Waals surface area contributed by atoms with Gasteiger partial charge in [0.15, 0.2) is 0 Å². The highest BCUT2D eigenvalue weighted by molar-refractivity contribution is 5.74. The summed E-state index contributed by atoms with van der Waals surface area (Å²) in [7, 11) is 1.47. The molecule has 0 aliphatic heterocycles. The lowest BCUT2D eigenvalue weighted by Gasteiger charge is -2.13. The summed E-state index contributed by atoms with van der Waals surface area (Å²) >= 11 is 0. The fourth-order valence-corrected chi connectivity index (χ4v) is 1.04. The molecule has 16 heavy (non-hydrogen) atoms. The molecule has 1 aromatic carbocycles. The molecule has 1 N–H and O–H groups in total. The molecule has 0 aliphatic rings. The molecule has 0 radical (unpaired) electrons. The number of likely N-dealkylation sites (N-methyl/N-ethyl adjacent to an activating group) is 1. The summed E-state index contributed by atoms with van der Waals surface area (Å²) in [6.07, 6.45) is -0.234. The van der Waals surface area contributed by atoms with Crippen LogP contribution in [-0.2, 0) is 0 Å². The third kappa shape index (κ3) is 3.61. The first-order valence-electron chi connectivity index (χ1n) is 4.75. The van der Waals surface area contributed by atoms with Gasteiger partial charge >= 0.3 is 6.09 Å². The van der Waals surface area contributed by atoms with Gasteiger partial charge in [-0.15, -0.1) is 0 Å². The Morgan fingerprint density at radius 3 is 2.56 bits per heavy atom. The Kier molecular flexibility index (Phi) is 4.32. The summed E-state index contributed by atoms with van der Waals surface area (Å²) in [4.78, 5) is 22.0. The summed E-state index contributed by atoms with van der Waals surface area (Å²) < 4.78 is 5.31. The van der Waals surface area contributed by atoms with Crippen LogP contribution in [0, 0.1) is 0 Å². The minimum atomic E-state index is -0.986. The van der Waals surface area contributed by atoms with Crippen molar-refractivity contribution in [1.82, 2.24) is 4.90 Å². The molecule has 1 amide bonds. The molecule has 5 heteroatoms. The molecule has 1 rings (SSSR count). The van der Waals surface area contributed by atoms with Crippen molar-refractivity contribution in [3.8, 4) is 5.75 Å². The Morgan fingerprint density at radius 1 is 1.44 bits per heavy atom. The maximum Gasteiger partial charge on any atom is 0.407 e. The highest BCUT2D eigenvalue weighted by Crippen LogP contribution is 2.10. The average Bonchev–Trinajstić information content (AvgIpc) is 2.29. The van der Waals surface area contributed by atoms with Gasteiger partial charge in [0.05, 0.1) is 6.54 Å². The van der Waals surface area contributed by atoms with E-state index in [1.807, 2.05) is 0 Å². The van der Waals surface area contributed by atoms with Gasteiger partial charge < -0.3 is 14.7 Å². The zero-order chi connectivity index (χ0) is 12.0. The summed E-state index contributed by atoms with van der Waals surface area (Å²) in [5.41, 5.74) is 0.579. The van der Waals surface area contributed by atoms with E-state index >= 15 is 0 Å². The quantitative estimate of drug-likeness (QED) is 0.768. The summed E-state index contributed by atoms with van der Waals surface area (Å²) in [6, 6.07) is 6.63. The smallest absolute Gasteiger partial charge is 0.407 e. The number of ether oxygens (including phenoxy) is 1. The van der Waals surface area contributed by atoms with E-state index in [0.717, 1.165) is 11.2 Å². The third-order valence-electron chi connectivity index (χ3n) is 2.04. The van der Waals surface area contributed by atoms with E-state index in [-0.39, 0.29) is 6.61 Å². The van der Waals surface area contributed by atoms with Crippen molar-refractivity contribution in [2.45, 2.75) is 0 Å². The molecular weight excluding hydrogens is 210 g/mol. The number of hydrogen-bond donors (Lipinski definition) is 1. The molecular formula is C11H13NO4. The van der Waals surface area contributed by atoms with Crippen molar-refractivity contribution in [3.05, 3.63) is 29.8 Å². The van der Waals surface area contributed by atoms with Gasteiger partial charge in [0, 0.05) is 12.6 Å². The molecule has 0 bridgehead atoms. The second kappa shape index (κ2) is 5.75. The normalized spacial score (nSPS) is 9.56. The van der Waals surface area contributed by atoms with Crippen LogP contribution in [0.3, 0.4) is 0 Å². The zero-order valence-electron chi connectivity index (χ0n) is 8.92. The monoisotopic (exact) mass is 223 g/mol. The Balaban J connectivity index is 2.37. The molecule has 0 aliphatic carbocycles. The van der Waals surface area contributed by atoms with Crippen LogP contribution in [0.25, 0.3) is 0 Å². The largest absolute Gasteiger partial charge is 0.492 e. The molecule has 5 nitrogen and oxygen atoms in total. The topological polar surface area (TPSA) is 66.8 Å². The van der Waals surface area contributed by atoms with E-state index in [4.69, 9.17) is 9.84 Å². The lowest BCUT2D eigenvalue weighted by Crippen LogP contribution is -2.29. The first-order chi connectivity index (χ1) is 7.63. The van der Waals surface area contributed by atoms with Gasteiger partial charge in [-0.3, -0.25) is 4.79 Å². The summed E-state index contributed by atoms with van der Waals surface area (Å²) in [5, 5.41) is 8.58. The van der Waals surface area contributed by atoms with Crippen molar-refractivity contribution >= 4 is 12.4 Å². The second-order valence-electron chi connectivity index (χ2n) is 3.24. The standard InChI is InChI=1S/C11H13NO4/c1-12(11(14)15)6-7-16-10-4-2-9(8-13)3-5-10/h2-5,8H,6-7H2,1H3,(H,14,15). The number of aldehydes is 1. The van der Waals surface area contributed by atoms with Gasteiger partial charge in [0.25, 0.3) is 0 Å². The predicted octanol–water partition coefficient (Wildman–Crippen LogP) is 1.49. The number of nitrogens with zero attached hydrogens (tertiary/aromatic N) is 1. The number of carbonyl (C=O) groups excluding carboxylic acids is 1. The molecule has 0 aromatic heterocycles. The van der Waals surface area contributed by atoms with Gasteiger partial charge in [0.1, 0.15) is 18.6 Å². The van der Waals surface area contributed by atoms with E-state index < -0.39 is 6.09 Å². The van der Waals surface area contributed by atoms with Gasteiger partial charge in [-0.2, -0.15) is 0 Å². The highest BCUT2D eigenvalue weighted by atomic mass is 16.5. The summed E-state index contributed by atoms with van der Waals surface area (Å²) in [6.45, 7) is 0.577. The molecule has 0 unspecified atom stereocenters. The van der Waals surface area contributed by atoms with Crippen LogP contribution in [0.15, 0.2) is 24.3 Å². The number of rotatable bonds is 5. The fourth-order valence-electron chi connectivity index (χ4n) is 1.04. The minimum Gasteiger partial charge on any atom is -0.492 e. The van der Waals surface area contributed by atoms with Gasteiger partial charge in [0.2, 0.25) is 0 Å². The van der Waals surface area contributed by atoms with Gasteiger partial charge in [-0.25, -0.2) is 4.79 Å². The van der Waals surface area contributed by atoms with Crippen molar-refractivity contribution in [1.29, 1.82) is 0 Å². The number of carbonyl (C=O) groups is 2. The Hall–Kier alpha value is -2.04. The molecule has 0 heterocycles. The summed E-state index contributed by atoms with van der Waals surface area (Å²) in [5.74, 6) is 0.615. The van der Waals surface area contributed by atoms with Crippen LogP contribution >= 0.6 is 0 Å². The van der Waals surface area contributed by atoms with Gasteiger partial charge in [-0.05, 0) is 24.3 Å². The molecule has 86 valence electrons. The number of amides is 1. The molecule has 1 aromatic rings. The van der Waals surface area contributed by atoms with Crippen molar-refractivity contribution in [2.75, 3.05) is 20.2 Å². The van der Waals surface area contributed by atoms with Crippen LogP contribution in [0.4, 0.5) is 4.79 Å². The first-order valence-corrected chi connectivity index (χ1v) is 4.75. The van der Waals surface area contributed by atoms with Gasteiger partial charge in [-0.1, -0.05) is 0 Å². The molecule has 0 saturated carbocycles. The van der Waals surface area contributed by atoms with E-state index in [2.05, 4.69) is 0 Å². The molecule has 0 fully saturated rings. The van der Waals surface area contributed by atoms with E-state index in [1.165, 1.54) is 7.05 Å². The highest BCUT2D eigenvalue weighted by Gasteiger charge is 2.04. The zero-order valence-corrected chi connectivity index (χ0v) is 8.92. The molecule has 0 spiro atoms. The Bertz CT molecular complexity index is 361. The Morgan fingerprint density at radius 2 is 2.06 bits per heavy atom. The minimum absolute atomic E-state index is 0.281. The van der Waals surface area contributed by atoms with E-state index in [9.17, 15) is 9.59 Å². The van der Waals surface area contributed by atoms with E-state index in [1.54, 1.807) is 24.3 Å². The lowest BCUT2D eigenvalue weighted by molar-refractivity contribution is 0.112. The lowest BCUT2D eigenvalue weighted by atomic mass is 10.2. The van der Waals surface area contributed by atoms with Crippen LogP contribution in [0.5, 0.6) is 5.75 Å². The SMILES string of the molecule is CN(CCOc1ccc(C=O)cc1)C(=O)O. The maximum atomic E-state index is 10.5. The molecule has 0 atom stereocenters. The average molecular weight is 223 g/mol. The number of benzene rings is 1. The van der Waals surface area contributed by atoms with Crippen LogP contribution in [-0.4, -0.2) is 42.6 Å². The van der Waals surface area contributed by atoms with E-state index in [0.29, 0.717) is 17.9 Å². The third-order valence-corrected chi connectivity index (χ3v) is 2.04. The predicted molar refractivity (Wildman–Crippen MR) is 58.0 cm³/mol. The molecule has 0 saturated heterocycles.